The predicted molar refractivity (Wildman–Crippen MR) is 116 cm³/mol. The van der Waals surface area contributed by atoms with Crippen molar-refractivity contribution in [3.63, 3.8) is 0 Å². The van der Waals surface area contributed by atoms with Crippen molar-refractivity contribution in [1.82, 2.24) is 9.62 Å². The van der Waals surface area contributed by atoms with E-state index < -0.39 is 22.7 Å². The maximum atomic E-state index is 13.2. The van der Waals surface area contributed by atoms with Crippen LogP contribution in [0.25, 0.3) is 0 Å². The number of nitrogens with zero attached hydrogens (tertiary/aromatic N) is 2. The molecule has 0 unspecified atom stereocenters. The van der Waals surface area contributed by atoms with Gasteiger partial charge < -0.3 is 9.64 Å². The van der Waals surface area contributed by atoms with E-state index in [0.29, 0.717) is 12.0 Å². The summed E-state index contributed by atoms with van der Waals surface area (Å²) >= 11 is 0. The molecule has 2 aromatic carbocycles. The Kier molecular flexibility index (Phi) is 7.12. The van der Waals surface area contributed by atoms with Gasteiger partial charge in [-0.15, -0.1) is 0 Å². The van der Waals surface area contributed by atoms with E-state index in [-0.39, 0.29) is 34.9 Å². The number of nitrogens with one attached hydrogen (secondary N) is 1. The lowest BCUT2D eigenvalue weighted by atomic mass is 9.98. The monoisotopic (exact) mass is 465 g/mol. The zero-order chi connectivity index (χ0) is 23.5. The molecule has 2 atom stereocenters. The molecular formula is C22H25F2N3O4S. The molecule has 0 aromatic heterocycles. The number of carbonyl (C=O) groups is 1. The summed E-state index contributed by atoms with van der Waals surface area (Å²) in [7, 11) is -2.09. The minimum Gasteiger partial charge on any atom is -0.435 e. The first-order valence-electron chi connectivity index (χ1n) is 10.1. The average molecular weight is 466 g/mol. The fourth-order valence-corrected chi connectivity index (χ4v) is 4.61. The smallest absolute Gasteiger partial charge is 0.387 e. The fourth-order valence-electron chi connectivity index (χ4n) is 3.37. The van der Waals surface area contributed by atoms with Crippen LogP contribution in [0.5, 0.6) is 5.75 Å². The standard InChI is InChI=1S/C22H25F2N3O4S/c1-4-14(2)19(25-20-17-7-5-6-8-18(17)32(29,30)26-20)21(28)27(3)13-15-9-11-16(12-10-15)31-22(23)24/h5-12,14,19,22H,4,13H2,1-3H3,(H,25,26)/t14-,19-/m0/s1. The molecule has 0 saturated carbocycles. The van der Waals surface area contributed by atoms with Crippen molar-refractivity contribution in [3.8, 4) is 5.75 Å². The normalized spacial score (nSPS) is 17.5. The first-order chi connectivity index (χ1) is 15.1. The zero-order valence-electron chi connectivity index (χ0n) is 18.0. The van der Waals surface area contributed by atoms with Crippen molar-refractivity contribution >= 4 is 21.8 Å². The number of likely N-dealkylation sites (N-methyl/N-ethyl adjacent to an activating group) is 1. The van der Waals surface area contributed by atoms with E-state index in [9.17, 15) is 22.0 Å². The molecule has 1 aliphatic heterocycles. The van der Waals surface area contributed by atoms with Crippen LogP contribution in [-0.2, 0) is 21.4 Å². The van der Waals surface area contributed by atoms with Crippen LogP contribution in [0.3, 0.4) is 0 Å². The molecule has 1 amide bonds. The predicted octanol–water partition coefficient (Wildman–Crippen LogP) is 3.40. The molecule has 2 aromatic rings. The van der Waals surface area contributed by atoms with E-state index >= 15 is 0 Å². The molecule has 0 saturated heterocycles. The van der Waals surface area contributed by atoms with E-state index in [0.717, 1.165) is 5.56 Å². The second-order valence-electron chi connectivity index (χ2n) is 7.63. The van der Waals surface area contributed by atoms with Gasteiger partial charge in [0.25, 0.3) is 10.0 Å². The Morgan fingerprint density at radius 3 is 2.44 bits per heavy atom. The molecule has 0 bridgehead atoms. The van der Waals surface area contributed by atoms with Crippen molar-refractivity contribution in [2.45, 2.75) is 44.4 Å². The van der Waals surface area contributed by atoms with E-state index in [4.69, 9.17) is 0 Å². The Labute approximate surface area is 186 Å². The van der Waals surface area contributed by atoms with Crippen LogP contribution in [0.2, 0.25) is 0 Å². The molecule has 0 fully saturated rings. The van der Waals surface area contributed by atoms with Crippen LogP contribution in [0.1, 0.15) is 31.4 Å². The van der Waals surface area contributed by atoms with E-state index in [2.05, 4.69) is 14.5 Å². The minimum atomic E-state index is -3.71. The Bertz CT molecular complexity index is 1100. The van der Waals surface area contributed by atoms with Gasteiger partial charge in [-0.2, -0.15) is 8.78 Å². The van der Waals surface area contributed by atoms with Gasteiger partial charge in [-0.1, -0.05) is 44.5 Å². The number of aliphatic imine (C=N–C) groups is 1. The van der Waals surface area contributed by atoms with Crippen molar-refractivity contribution in [3.05, 3.63) is 59.7 Å². The molecular weight excluding hydrogens is 440 g/mol. The number of halogens is 2. The summed E-state index contributed by atoms with van der Waals surface area (Å²) in [6.45, 7) is 1.14. The Morgan fingerprint density at radius 1 is 1.16 bits per heavy atom. The number of sulfonamides is 1. The molecule has 0 radical (unpaired) electrons. The second-order valence-corrected chi connectivity index (χ2v) is 9.28. The van der Waals surface area contributed by atoms with Gasteiger partial charge in [0.2, 0.25) is 5.91 Å². The molecule has 1 N–H and O–H groups in total. The molecule has 32 heavy (non-hydrogen) atoms. The maximum absolute atomic E-state index is 13.2. The largest absolute Gasteiger partial charge is 0.435 e. The number of rotatable bonds is 8. The van der Waals surface area contributed by atoms with E-state index in [1.165, 1.54) is 23.1 Å². The Balaban J connectivity index is 1.82. The van der Waals surface area contributed by atoms with Gasteiger partial charge in [0, 0.05) is 19.2 Å². The molecule has 1 heterocycles. The lowest BCUT2D eigenvalue weighted by molar-refractivity contribution is -0.132. The summed E-state index contributed by atoms with van der Waals surface area (Å²) in [4.78, 5) is 19.4. The third kappa shape index (κ3) is 5.24. The Morgan fingerprint density at radius 2 is 1.81 bits per heavy atom. The molecule has 172 valence electrons. The van der Waals surface area contributed by atoms with Crippen LogP contribution in [0.4, 0.5) is 8.78 Å². The number of benzene rings is 2. The highest BCUT2D eigenvalue weighted by Crippen LogP contribution is 2.25. The number of amidine groups is 1. The third-order valence-corrected chi connectivity index (χ3v) is 6.71. The van der Waals surface area contributed by atoms with Crippen LogP contribution in [-0.4, -0.2) is 44.8 Å². The van der Waals surface area contributed by atoms with Crippen LogP contribution in [0.15, 0.2) is 58.4 Å². The number of alkyl halides is 2. The van der Waals surface area contributed by atoms with Gasteiger partial charge in [-0.05, 0) is 35.7 Å². The average Bonchev–Trinajstić information content (AvgIpc) is 3.02. The van der Waals surface area contributed by atoms with Crippen molar-refractivity contribution in [1.29, 1.82) is 0 Å². The summed E-state index contributed by atoms with van der Waals surface area (Å²) < 4.78 is 56.2. The third-order valence-electron chi connectivity index (χ3n) is 5.31. The van der Waals surface area contributed by atoms with Crippen LogP contribution < -0.4 is 9.46 Å². The topological polar surface area (TPSA) is 88.1 Å². The summed E-state index contributed by atoms with van der Waals surface area (Å²) in [5, 5.41) is 0. The molecule has 10 heteroatoms. The first-order valence-corrected chi connectivity index (χ1v) is 11.6. The first kappa shape index (κ1) is 23.6. The Hall–Kier alpha value is -3.01. The van der Waals surface area contributed by atoms with Gasteiger partial charge in [0.1, 0.15) is 17.6 Å². The fraction of sp³-hybridized carbons (Fsp3) is 0.364. The number of carbonyl (C=O) groups excluding carboxylic acids is 1. The quantitative estimate of drug-likeness (QED) is 0.647. The highest BCUT2D eigenvalue weighted by molar-refractivity contribution is 7.90. The lowest BCUT2D eigenvalue weighted by Crippen LogP contribution is -2.40. The second kappa shape index (κ2) is 9.64. The molecule has 3 rings (SSSR count). The van der Waals surface area contributed by atoms with Crippen molar-refractivity contribution in [2.75, 3.05) is 7.05 Å². The van der Waals surface area contributed by atoms with Crippen LogP contribution >= 0.6 is 0 Å². The summed E-state index contributed by atoms with van der Waals surface area (Å²) in [6, 6.07) is 11.7. The van der Waals surface area contributed by atoms with E-state index in [1.807, 2.05) is 13.8 Å². The highest BCUT2D eigenvalue weighted by Gasteiger charge is 2.33. The number of amides is 1. The molecule has 7 nitrogen and oxygen atoms in total. The van der Waals surface area contributed by atoms with Gasteiger partial charge in [0.15, 0.2) is 0 Å². The van der Waals surface area contributed by atoms with Crippen molar-refractivity contribution in [2.24, 2.45) is 10.9 Å². The van der Waals surface area contributed by atoms with Gasteiger partial charge in [-0.25, -0.2) is 8.42 Å². The summed E-state index contributed by atoms with van der Waals surface area (Å²) in [6.07, 6.45) is 0.662. The molecule has 1 aliphatic rings. The lowest BCUT2D eigenvalue weighted by Gasteiger charge is -2.25. The van der Waals surface area contributed by atoms with Crippen molar-refractivity contribution < 1.29 is 26.7 Å². The summed E-state index contributed by atoms with van der Waals surface area (Å²) in [5.41, 5.74) is 1.16. The van der Waals surface area contributed by atoms with Gasteiger partial charge in [0.05, 0.1) is 4.90 Å². The maximum Gasteiger partial charge on any atom is 0.387 e. The van der Waals surface area contributed by atoms with Crippen LogP contribution in [0, 0.1) is 5.92 Å². The number of hydrogen-bond acceptors (Lipinski definition) is 5. The molecule has 0 aliphatic carbocycles. The number of hydrogen-bond donors (Lipinski definition) is 1. The number of ether oxygens (including phenoxy) is 1. The number of fused-ring (bicyclic) bond motifs is 1. The highest BCUT2D eigenvalue weighted by atomic mass is 32.2. The zero-order valence-corrected chi connectivity index (χ0v) is 18.8. The van der Waals surface area contributed by atoms with Gasteiger partial charge in [-0.3, -0.25) is 14.5 Å². The molecule has 0 spiro atoms. The minimum absolute atomic E-state index is 0.0359. The van der Waals surface area contributed by atoms with Gasteiger partial charge >= 0.3 is 6.61 Å². The SMILES string of the molecule is CC[C@H](C)[C@H](N=C1NS(=O)(=O)c2ccccc21)C(=O)N(C)Cc1ccc(OC(F)F)cc1. The summed E-state index contributed by atoms with van der Waals surface area (Å²) in [5.74, 6) is -0.227. The van der Waals surface area contributed by atoms with E-state index in [1.54, 1.807) is 37.4 Å².